The van der Waals surface area contributed by atoms with Gasteiger partial charge in [0.1, 0.15) is 17.4 Å². The number of nitrogens with zero attached hydrogens (tertiary/aromatic N) is 3. The van der Waals surface area contributed by atoms with Gasteiger partial charge in [0.15, 0.2) is 5.96 Å². The van der Waals surface area contributed by atoms with Crippen molar-refractivity contribution in [2.45, 2.75) is 33.4 Å². The summed E-state index contributed by atoms with van der Waals surface area (Å²) in [5.41, 5.74) is 2.12. The molecule has 0 atom stereocenters. The molecule has 6 nitrogen and oxygen atoms in total. The van der Waals surface area contributed by atoms with E-state index in [4.69, 9.17) is 0 Å². The van der Waals surface area contributed by atoms with Crippen molar-refractivity contribution in [3.63, 3.8) is 0 Å². The van der Waals surface area contributed by atoms with Crippen LogP contribution in [0.3, 0.4) is 0 Å². The molecule has 0 amide bonds. The fourth-order valence-corrected chi connectivity index (χ4v) is 3.26. The second-order valence-corrected chi connectivity index (χ2v) is 6.93. The summed E-state index contributed by atoms with van der Waals surface area (Å²) < 4.78 is 0. The molecule has 144 valence electrons. The minimum Gasteiger partial charge on any atom is -0.357 e. The summed E-state index contributed by atoms with van der Waals surface area (Å²) in [6.07, 6.45) is 4.82. The van der Waals surface area contributed by atoms with Crippen LogP contribution in [-0.2, 0) is 19.5 Å². The molecule has 2 aromatic heterocycles. The number of thiazole rings is 1. The van der Waals surface area contributed by atoms with E-state index in [-0.39, 0.29) is 24.0 Å². The average Bonchev–Trinajstić information content (AvgIpc) is 3.34. The number of aromatic nitrogens is 3. The predicted octanol–water partition coefficient (Wildman–Crippen LogP) is 3.97. The van der Waals surface area contributed by atoms with Crippen LogP contribution in [0.25, 0.3) is 11.3 Å². The number of imidazole rings is 1. The molecule has 3 N–H and O–H groups in total. The van der Waals surface area contributed by atoms with Crippen LogP contribution in [0.4, 0.5) is 0 Å². The summed E-state index contributed by atoms with van der Waals surface area (Å²) in [4.78, 5) is 18.1. The molecule has 0 aliphatic heterocycles. The van der Waals surface area contributed by atoms with Gasteiger partial charge in [-0.25, -0.2) is 15.0 Å². The van der Waals surface area contributed by atoms with Gasteiger partial charge in [-0.15, -0.1) is 35.3 Å². The standard InChI is InChI=1S/C19H24N6S.HI/c1-3-15-10-22-18(26-15)13-24-19(20-4-2)23-12-17-21-11-16(25-17)14-8-6-5-7-9-14;/h5-11H,3-4,12-13H2,1-2H3,(H,21,25)(H2,20,23,24);1H. The number of rotatable bonds is 7. The summed E-state index contributed by atoms with van der Waals surface area (Å²) in [7, 11) is 0. The van der Waals surface area contributed by atoms with E-state index in [1.165, 1.54) is 4.88 Å². The molecule has 3 aromatic rings. The molecule has 2 heterocycles. The zero-order chi connectivity index (χ0) is 18.2. The number of hydrogen-bond donors (Lipinski definition) is 3. The number of H-pyrrole nitrogens is 1. The summed E-state index contributed by atoms with van der Waals surface area (Å²) >= 11 is 1.73. The van der Waals surface area contributed by atoms with Crippen LogP contribution in [0.1, 0.15) is 29.6 Å². The molecule has 3 rings (SSSR count). The lowest BCUT2D eigenvalue weighted by molar-refractivity contribution is 0.804. The van der Waals surface area contributed by atoms with Crippen molar-refractivity contribution >= 4 is 41.3 Å². The fraction of sp³-hybridized carbons (Fsp3) is 0.316. The number of halogens is 1. The second-order valence-electron chi connectivity index (χ2n) is 5.73. The van der Waals surface area contributed by atoms with E-state index in [1.54, 1.807) is 11.3 Å². The van der Waals surface area contributed by atoms with Crippen molar-refractivity contribution in [3.8, 4) is 11.3 Å². The molecule has 27 heavy (non-hydrogen) atoms. The molecule has 0 aliphatic rings. The maximum absolute atomic E-state index is 4.61. The Kier molecular flexibility index (Phi) is 8.73. The Morgan fingerprint density at radius 3 is 2.63 bits per heavy atom. The molecule has 0 aliphatic carbocycles. The van der Waals surface area contributed by atoms with Gasteiger partial charge >= 0.3 is 0 Å². The first-order valence-corrected chi connectivity index (χ1v) is 9.65. The lowest BCUT2D eigenvalue weighted by Crippen LogP contribution is -2.36. The normalized spacial score (nSPS) is 11.1. The topological polar surface area (TPSA) is 78.0 Å². The molecule has 8 heteroatoms. The van der Waals surface area contributed by atoms with Gasteiger partial charge in [0, 0.05) is 17.6 Å². The van der Waals surface area contributed by atoms with Crippen LogP contribution in [0.15, 0.2) is 47.7 Å². The summed E-state index contributed by atoms with van der Waals surface area (Å²) in [5.74, 6) is 1.60. The summed E-state index contributed by atoms with van der Waals surface area (Å²) in [6, 6.07) is 10.2. The van der Waals surface area contributed by atoms with E-state index in [0.717, 1.165) is 41.0 Å². The maximum atomic E-state index is 4.61. The molecule has 0 bridgehead atoms. The first-order valence-electron chi connectivity index (χ1n) is 8.83. The summed E-state index contributed by atoms with van der Waals surface area (Å²) in [6.45, 7) is 6.15. The van der Waals surface area contributed by atoms with Gasteiger partial charge < -0.3 is 15.6 Å². The first kappa shape index (κ1) is 21.4. The van der Waals surface area contributed by atoms with Gasteiger partial charge in [0.25, 0.3) is 0 Å². The van der Waals surface area contributed by atoms with Crippen LogP contribution in [-0.4, -0.2) is 27.5 Å². The number of aliphatic imine (C=N–C) groups is 1. The lowest BCUT2D eigenvalue weighted by atomic mass is 10.2. The van der Waals surface area contributed by atoms with Crippen LogP contribution in [0, 0.1) is 0 Å². The van der Waals surface area contributed by atoms with Crippen LogP contribution < -0.4 is 10.6 Å². The van der Waals surface area contributed by atoms with Gasteiger partial charge in [-0.3, -0.25) is 0 Å². The number of guanidine groups is 1. The van der Waals surface area contributed by atoms with Crippen molar-refractivity contribution in [1.82, 2.24) is 25.6 Å². The molecule has 1 aromatic carbocycles. The van der Waals surface area contributed by atoms with Gasteiger partial charge in [0.2, 0.25) is 0 Å². The quantitative estimate of drug-likeness (QED) is 0.263. The Morgan fingerprint density at radius 2 is 1.93 bits per heavy atom. The van der Waals surface area contributed by atoms with Gasteiger partial charge in [-0.1, -0.05) is 37.3 Å². The smallest absolute Gasteiger partial charge is 0.192 e. The number of aryl methyl sites for hydroxylation is 1. The third-order valence-electron chi connectivity index (χ3n) is 3.80. The third kappa shape index (κ3) is 6.31. The van der Waals surface area contributed by atoms with Crippen molar-refractivity contribution in [2.75, 3.05) is 6.54 Å². The average molecular weight is 496 g/mol. The minimum absolute atomic E-state index is 0. The SMILES string of the molecule is CCNC(=NCc1ncc(-c2ccccc2)[nH]1)NCc1ncc(CC)s1.I. The Morgan fingerprint density at radius 1 is 1.11 bits per heavy atom. The van der Waals surface area contributed by atoms with Gasteiger partial charge in [-0.2, -0.15) is 0 Å². The number of benzene rings is 1. The first-order chi connectivity index (χ1) is 12.8. The number of aromatic amines is 1. The van der Waals surface area contributed by atoms with E-state index in [0.29, 0.717) is 13.1 Å². The second kappa shape index (κ2) is 11.0. The third-order valence-corrected chi connectivity index (χ3v) is 4.94. The van der Waals surface area contributed by atoms with Crippen molar-refractivity contribution < 1.29 is 0 Å². The Balaban J connectivity index is 0.00000261. The molecular formula is C19H25IN6S. The highest BCUT2D eigenvalue weighted by atomic mass is 127. The van der Waals surface area contributed by atoms with E-state index in [1.807, 2.05) is 30.6 Å². The van der Waals surface area contributed by atoms with Crippen molar-refractivity contribution in [2.24, 2.45) is 4.99 Å². The van der Waals surface area contributed by atoms with Gasteiger partial charge in [-0.05, 0) is 18.9 Å². The monoisotopic (exact) mass is 496 g/mol. The lowest BCUT2D eigenvalue weighted by Gasteiger charge is -2.09. The Bertz CT molecular complexity index is 843. The summed E-state index contributed by atoms with van der Waals surface area (Å²) in [5, 5.41) is 7.65. The molecule has 0 unspecified atom stereocenters. The molecule has 0 spiro atoms. The number of hydrogen-bond acceptors (Lipinski definition) is 4. The minimum atomic E-state index is 0. The maximum Gasteiger partial charge on any atom is 0.192 e. The van der Waals surface area contributed by atoms with Crippen LogP contribution >= 0.6 is 35.3 Å². The highest BCUT2D eigenvalue weighted by Crippen LogP contribution is 2.16. The Labute approximate surface area is 181 Å². The van der Waals surface area contributed by atoms with Gasteiger partial charge in [0.05, 0.1) is 18.4 Å². The highest BCUT2D eigenvalue weighted by Gasteiger charge is 2.05. The fourth-order valence-electron chi connectivity index (χ4n) is 2.46. The van der Waals surface area contributed by atoms with E-state index < -0.39 is 0 Å². The zero-order valence-corrected chi connectivity index (χ0v) is 18.7. The Hall–Kier alpha value is -1.94. The number of nitrogens with one attached hydrogen (secondary N) is 3. The molecule has 0 saturated heterocycles. The zero-order valence-electron chi connectivity index (χ0n) is 15.5. The van der Waals surface area contributed by atoms with Crippen LogP contribution in [0.2, 0.25) is 0 Å². The van der Waals surface area contributed by atoms with E-state index in [2.05, 4.69) is 56.6 Å². The molecule has 0 fully saturated rings. The largest absolute Gasteiger partial charge is 0.357 e. The highest BCUT2D eigenvalue weighted by molar-refractivity contribution is 14.0. The molecule has 0 radical (unpaired) electrons. The van der Waals surface area contributed by atoms with Crippen molar-refractivity contribution in [1.29, 1.82) is 0 Å². The van der Waals surface area contributed by atoms with E-state index >= 15 is 0 Å². The van der Waals surface area contributed by atoms with E-state index in [9.17, 15) is 0 Å². The van der Waals surface area contributed by atoms with Crippen LogP contribution in [0.5, 0.6) is 0 Å². The van der Waals surface area contributed by atoms with Crippen molar-refractivity contribution in [3.05, 3.63) is 58.4 Å². The molecular weight excluding hydrogens is 471 g/mol. The predicted molar refractivity (Wildman–Crippen MR) is 123 cm³/mol. The molecule has 0 saturated carbocycles.